The molecular formula is C12H10F3NS. The summed E-state index contributed by atoms with van der Waals surface area (Å²) in [7, 11) is 0. The zero-order valence-corrected chi connectivity index (χ0v) is 10.1. The quantitative estimate of drug-likeness (QED) is 0.735. The molecule has 5 heteroatoms. The zero-order chi connectivity index (χ0) is 12.6. The van der Waals surface area contributed by atoms with Crippen molar-refractivity contribution in [2.45, 2.75) is 20.0 Å². The Morgan fingerprint density at radius 2 is 1.65 bits per heavy atom. The van der Waals surface area contributed by atoms with E-state index in [9.17, 15) is 13.2 Å². The van der Waals surface area contributed by atoms with E-state index in [1.807, 2.05) is 6.92 Å². The molecule has 17 heavy (non-hydrogen) atoms. The summed E-state index contributed by atoms with van der Waals surface area (Å²) >= 11 is 0.684. The fraction of sp³-hybridized carbons (Fsp3) is 0.250. The van der Waals surface area contributed by atoms with Crippen molar-refractivity contribution in [2.24, 2.45) is 0 Å². The Balaban J connectivity index is 2.55. The van der Waals surface area contributed by atoms with Gasteiger partial charge < -0.3 is 0 Å². The van der Waals surface area contributed by atoms with Gasteiger partial charge in [-0.1, -0.05) is 29.8 Å². The second-order valence-electron chi connectivity index (χ2n) is 3.77. The summed E-state index contributed by atoms with van der Waals surface area (Å²) in [5.41, 5.74) is 1.54. The summed E-state index contributed by atoms with van der Waals surface area (Å²) in [6, 6.07) is 6.90. The third-order valence-corrected chi connectivity index (χ3v) is 3.33. The number of benzene rings is 1. The number of aromatic nitrogens is 1. The molecule has 0 bridgehead atoms. The van der Waals surface area contributed by atoms with Crippen LogP contribution in [0.5, 0.6) is 0 Å². The first-order valence-electron chi connectivity index (χ1n) is 4.99. The van der Waals surface area contributed by atoms with Crippen LogP contribution in [-0.4, -0.2) is 4.98 Å². The van der Waals surface area contributed by atoms with Gasteiger partial charge in [-0.3, -0.25) is 0 Å². The monoisotopic (exact) mass is 257 g/mol. The molecule has 1 aromatic heterocycles. The van der Waals surface area contributed by atoms with Gasteiger partial charge in [0.15, 0.2) is 0 Å². The molecule has 0 N–H and O–H groups in total. The summed E-state index contributed by atoms with van der Waals surface area (Å²) < 4.78 is 38.4. The van der Waals surface area contributed by atoms with Crippen molar-refractivity contribution in [1.29, 1.82) is 0 Å². The summed E-state index contributed by atoms with van der Waals surface area (Å²) in [5.74, 6) is 0. The second kappa shape index (κ2) is 4.14. The fourth-order valence-electron chi connectivity index (χ4n) is 1.53. The average Bonchev–Trinajstić information content (AvgIpc) is 2.61. The molecule has 0 amide bonds. The van der Waals surface area contributed by atoms with Crippen LogP contribution in [0.4, 0.5) is 13.2 Å². The minimum Gasteiger partial charge on any atom is -0.241 e. The Morgan fingerprint density at radius 3 is 2.18 bits per heavy atom. The van der Waals surface area contributed by atoms with Crippen molar-refractivity contribution in [3.05, 3.63) is 39.7 Å². The van der Waals surface area contributed by atoms with Crippen LogP contribution in [0.15, 0.2) is 24.3 Å². The van der Waals surface area contributed by atoms with Crippen molar-refractivity contribution < 1.29 is 13.2 Å². The van der Waals surface area contributed by atoms with Crippen LogP contribution >= 0.6 is 11.3 Å². The minimum absolute atomic E-state index is 0.0278. The average molecular weight is 257 g/mol. The van der Waals surface area contributed by atoms with Crippen molar-refractivity contribution in [3.63, 3.8) is 0 Å². The molecule has 0 fully saturated rings. The number of hydrogen-bond donors (Lipinski definition) is 0. The number of aryl methyl sites for hydroxylation is 2. The van der Waals surface area contributed by atoms with Crippen LogP contribution in [0, 0.1) is 13.8 Å². The van der Waals surface area contributed by atoms with Crippen LogP contribution < -0.4 is 0 Å². The van der Waals surface area contributed by atoms with E-state index in [1.165, 1.54) is 0 Å². The fourth-order valence-corrected chi connectivity index (χ4v) is 2.33. The smallest absolute Gasteiger partial charge is 0.241 e. The highest BCUT2D eigenvalue weighted by Crippen LogP contribution is 2.40. The van der Waals surface area contributed by atoms with Gasteiger partial charge in [0, 0.05) is 5.56 Å². The SMILES string of the molecule is Cc1ccc(-c2nc(C)sc2C(F)(F)F)cc1. The maximum Gasteiger partial charge on any atom is 0.427 e. The molecular weight excluding hydrogens is 247 g/mol. The first kappa shape index (κ1) is 12.1. The van der Waals surface area contributed by atoms with E-state index in [1.54, 1.807) is 31.2 Å². The highest BCUT2D eigenvalue weighted by Gasteiger charge is 2.36. The van der Waals surface area contributed by atoms with Gasteiger partial charge in [-0.05, 0) is 13.8 Å². The van der Waals surface area contributed by atoms with Gasteiger partial charge in [0.1, 0.15) is 4.88 Å². The molecule has 0 saturated heterocycles. The maximum absolute atomic E-state index is 12.8. The maximum atomic E-state index is 12.8. The van der Waals surface area contributed by atoms with E-state index >= 15 is 0 Å². The molecule has 1 nitrogen and oxygen atoms in total. The molecule has 0 aliphatic rings. The highest BCUT2D eigenvalue weighted by atomic mass is 32.1. The van der Waals surface area contributed by atoms with Crippen LogP contribution in [-0.2, 0) is 6.18 Å². The third kappa shape index (κ3) is 2.49. The lowest BCUT2D eigenvalue weighted by molar-refractivity contribution is -0.134. The number of thiazole rings is 1. The number of rotatable bonds is 1. The Kier molecular flexibility index (Phi) is 2.95. The molecule has 0 aliphatic carbocycles. The molecule has 0 saturated carbocycles. The lowest BCUT2D eigenvalue weighted by Crippen LogP contribution is -2.03. The van der Waals surface area contributed by atoms with Gasteiger partial charge in [0.05, 0.1) is 10.7 Å². The van der Waals surface area contributed by atoms with Crippen molar-refractivity contribution in [2.75, 3.05) is 0 Å². The first-order valence-corrected chi connectivity index (χ1v) is 5.81. The topological polar surface area (TPSA) is 12.9 Å². The molecule has 0 radical (unpaired) electrons. The van der Waals surface area contributed by atoms with E-state index in [2.05, 4.69) is 4.98 Å². The number of alkyl halides is 3. The molecule has 2 aromatic rings. The standard InChI is InChI=1S/C12H10F3NS/c1-7-3-5-9(6-4-7)10-11(12(13,14)15)17-8(2)16-10/h3-6H,1-2H3. The van der Waals surface area contributed by atoms with Gasteiger partial charge in [0.25, 0.3) is 0 Å². The molecule has 0 unspecified atom stereocenters. The summed E-state index contributed by atoms with van der Waals surface area (Å²) in [4.78, 5) is 3.35. The molecule has 1 heterocycles. The molecule has 2 rings (SSSR count). The zero-order valence-electron chi connectivity index (χ0n) is 9.30. The summed E-state index contributed by atoms with van der Waals surface area (Å²) in [6.45, 7) is 3.47. The van der Waals surface area contributed by atoms with Crippen molar-refractivity contribution in [1.82, 2.24) is 4.98 Å². The minimum atomic E-state index is -4.34. The van der Waals surface area contributed by atoms with Gasteiger partial charge >= 0.3 is 6.18 Å². The Bertz CT molecular complexity index is 526. The van der Waals surface area contributed by atoms with Gasteiger partial charge in [0.2, 0.25) is 0 Å². The van der Waals surface area contributed by atoms with Crippen LogP contribution in [0.1, 0.15) is 15.4 Å². The predicted octanol–water partition coefficient (Wildman–Crippen LogP) is 4.45. The van der Waals surface area contributed by atoms with Crippen molar-refractivity contribution in [3.8, 4) is 11.3 Å². The van der Waals surface area contributed by atoms with E-state index in [4.69, 9.17) is 0 Å². The first-order chi connectivity index (χ1) is 7.88. The largest absolute Gasteiger partial charge is 0.427 e. The summed E-state index contributed by atoms with van der Waals surface area (Å²) in [6.07, 6.45) is -4.34. The van der Waals surface area contributed by atoms with Gasteiger partial charge in [-0.2, -0.15) is 13.2 Å². The lowest BCUT2D eigenvalue weighted by Gasteiger charge is -2.06. The normalized spacial score (nSPS) is 11.8. The number of nitrogens with zero attached hydrogens (tertiary/aromatic N) is 1. The van der Waals surface area contributed by atoms with E-state index < -0.39 is 11.1 Å². The Morgan fingerprint density at radius 1 is 1.06 bits per heavy atom. The van der Waals surface area contributed by atoms with Crippen LogP contribution in [0.2, 0.25) is 0 Å². The van der Waals surface area contributed by atoms with Gasteiger partial charge in [-0.15, -0.1) is 11.3 Å². The van der Waals surface area contributed by atoms with Crippen LogP contribution in [0.25, 0.3) is 11.3 Å². The number of hydrogen-bond acceptors (Lipinski definition) is 2. The molecule has 1 aromatic carbocycles. The van der Waals surface area contributed by atoms with E-state index in [-0.39, 0.29) is 5.69 Å². The highest BCUT2D eigenvalue weighted by molar-refractivity contribution is 7.12. The Labute approximate surface area is 101 Å². The Hall–Kier alpha value is -1.36. The molecule has 0 aliphatic heterocycles. The van der Waals surface area contributed by atoms with E-state index in [0.717, 1.165) is 5.56 Å². The molecule has 90 valence electrons. The lowest BCUT2D eigenvalue weighted by atomic mass is 10.1. The summed E-state index contributed by atoms with van der Waals surface area (Å²) in [5, 5.41) is 0.424. The molecule has 0 atom stereocenters. The van der Waals surface area contributed by atoms with Crippen molar-refractivity contribution >= 4 is 11.3 Å². The number of halogens is 3. The molecule has 0 spiro atoms. The third-order valence-electron chi connectivity index (χ3n) is 2.32. The van der Waals surface area contributed by atoms with E-state index in [0.29, 0.717) is 21.9 Å². The van der Waals surface area contributed by atoms with Crippen LogP contribution in [0.3, 0.4) is 0 Å². The second-order valence-corrected chi connectivity index (χ2v) is 4.98. The van der Waals surface area contributed by atoms with Gasteiger partial charge in [-0.25, -0.2) is 4.98 Å². The predicted molar refractivity (Wildman–Crippen MR) is 62.0 cm³/mol.